The van der Waals surface area contributed by atoms with Crippen LogP contribution in [0.4, 0.5) is 0 Å². The summed E-state index contributed by atoms with van der Waals surface area (Å²) in [7, 11) is 0. The molecule has 24 heavy (non-hydrogen) atoms. The number of pyridine rings is 1. The van der Waals surface area contributed by atoms with E-state index in [1.54, 1.807) is 12.3 Å². The number of amides is 1. The first-order chi connectivity index (χ1) is 11.6. The van der Waals surface area contributed by atoms with Crippen molar-refractivity contribution in [1.29, 1.82) is 0 Å². The fourth-order valence-electron chi connectivity index (χ4n) is 2.37. The maximum Gasteiger partial charge on any atom is 0.219 e. The highest BCUT2D eigenvalue weighted by atomic mass is 35.5. The number of carbonyl (C=O) groups is 1. The Hall–Kier alpha value is -2.33. The van der Waals surface area contributed by atoms with Gasteiger partial charge in [0.15, 0.2) is 0 Å². The molecule has 0 atom stereocenters. The molecule has 0 aliphatic heterocycles. The van der Waals surface area contributed by atoms with Crippen molar-refractivity contribution < 1.29 is 9.53 Å². The number of aromatic nitrogens is 1. The van der Waals surface area contributed by atoms with Crippen LogP contribution in [0.2, 0.25) is 5.02 Å². The second-order valence-electron chi connectivity index (χ2n) is 5.83. The third-order valence-electron chi connectivity index (χ3n) is 3.75. The molecule has 1 aromatic heterocycles. The van der Waals surface area contributed by atoms with Crippen molar-refractivity contribution in [1.82, 2.24) is 10.3 Å². The SMILES string of the molecule is CC(=O)NC/C=C/c1ccc(Oc2ccc(C3CC3)c(Cl)c2)nc1. The number of hydrogen-bond acceptors (Lipinski definition) is 3. The monoisotopic (exact) mass is 342 g/mol. The molecule has 0 unspecified atom stereocenters. The van der Waals surface area contributed by atoms with Crippen LogP contribution in [0.5, 0.6) is 11.6 Å². The summed E-state index contributed by atoms with van der Waals surface area (Å²) in [6.45, 7) is 1.99. The predicted molar refractivity (Wildman–Crippen MR) is 95.5 cm³/mol. The zero-order chi connectivity index (χ0) is 16.9. The van der Waals surface area contributed by atoms with Crippen molar-refractivity contribution >= 4 is 23.6 Å². The van der Waals surface area contributed by atoms with Crippen molar-refractivity contribution in [3.05, 3.63) is 58.8 Å². The number of rotatable bonds is 6. The van der Waals surface area contributed by atoms with Crippen molar-refractivity contribution in [3.8, 4) is 11.6 Å². The van der Waals surface area contributed by atoms with E-state index in [1.165, 1.54) is 25.3 Å². The zero-order valence-corrected chi connectivity index (χ0v) is 14.2. The van der Waals surface area contributed by atoms with Gasteiger partial charge in [0, 0.05) is 30.8 Å². The van der Waals surface area contributed by atoms with Crippen LogP contribution in [-0.2, 0) is 4.79 Å². The van der Waals surface area contributed by atoms with Crippen molar-refractivity contribution in [2.75, 3.05) is 6.54 Å². The van der Waals surface area contributed by atoms with E-state index in [0.717, 1.165) is 10.6 Å². The number of carbonyl (C=O) groups excluding carboxylic acids is 1. The van der Waals surface area contributed by atoms with E-state index < -0.39 is 0 Å². The Morgan fingerprint density at radius 1 is 1.38 bits per heavy atom. The lowest BCUT2D eigenvalue weighted by atomic mass is 10.1. The summed E-state index contributed by atoms with van der Waals surface area (Å²) in [4.78, 5) is 15.1. The van der Waals surface area contributed by atoms with E-state index in [4.69, 9.17) is 16.3 Å². The largest absolute Gasteiger partial charge is 0.439 e. The molecule has 0 saturated heterocycles. The van der Waals surface area contributed by atoms with Gasteiger partial charge in [-0.2, -0.15) is 0 Å². The molecule has 1 N–H and O–H groups in total. The number of benzene rings is 1. The van der Waals surface area contributed by atoms with Crippen LogP contribution in [0, 0.1) is 0 Å². The average Bonchev–Trinajstić information content (AvgIpc) is 3.38. The first kappa shape index (κ1) is 16.5. The summed E-state index contributed by atoms with van der Waals surface area (Å²) in [6, 6.07) is 9.53. The fraction of sp³-hybridized carbons (Fsp3) is 0.263. The third-order valence-corrected chi connectivity index (χ3v) is 4.08. The predicted octanol–water partition coefficient (Wildman–Crippen LogP) is 4.55. The molecular formula is C19H19ClN2O2. The molecule has 4 nitrogen and oxygen atoms in total. The molecule has 0 radical (unpaired) electrons. The van der Waals surface area contributed by atoms with Crippen LogP contribution >= 0.6 is 11.6 Å². The van der Waals surface area contributed by atoms with Gasteiger partial charge in [-0.3, -0.25) is 4.79 Å². The first-order valence-corrected chi connectivity index (χ1v) is 8.34. The quantitative estimate of drug-likeness (QED) is 0.837. The van der Waals surface area contributed by atoms with E-state index in [2.05, 4.69) is 10.3 Å². The number of nitrogens with zero attached hydrogens (tertiary/aromatic N) is 1. The summed E-state index contributed by atoms with van der Waals surface area (Å²) in [6.07, 6.45) is 7.93. The molecule has 5 heteroatoms. The smallest absolute Gasteiger partial charge is 0.219 e. The molecule has 124 valence electrons. The van der Waals surface area contributed by atoms with Crippen LogP contribution in [0.1, 0.15) is 36.8 Å². The molecule has 1 aliphatic carbocycles. The van der Waals surface area contributed by atoms with Gasteiger partial charge in [-0.05, 0) is 48.1 Å². The lowest BCUT2D eigenvalue weighted by Gasteiger charge is -2.08. The van der Waals surface area contributed by atoms with Gasteiger partial charge in [-0.1, -0.05) is 29.8 Å². The first-order valence-electron chi connectivity index (χ1n) is 7.96. The molecule has 1 heterocycles. The minimum atomic E-state index is -0.0483. The van der Waals surface area contributed by atoms with Gasteiger partial charge in [-0.25, -0.2) is 4.98 Å². The Bertz CT molecular complexity index is 752. The molecule has 1 aliphatic rings. The van der Waals surface area contributed by atoms with Crippen LogP contribution in [0.25, 0.3) is 6.08 Å². The van der Waals surface area contributed by atoms with E-state index in [-0.39, 0.29) is 5.91 Å². The molecule has 1 aromatic carbocycles. The second kappa shape index (κ2) is 7.49. The summed E-state index contributed by atoms with van der Waals surface area (Å²) >= 11 is 6.31. The van der Waals surface area contributed by atoms with E-state index in [9.17, 15) is 4.79 Å². The maximum atomic E-state index is 10.8. The molecule has 1 fully saturated rings. The highest BCUT2D eigenvalue weighted by molar-refractivity contribution is 6.31. The summed E-state index contributed by atoms with van der Waals surface area (Å²) in [5.74, 6) is 1.77. The van der Waals surface area contributed by atoms with Crippen LogP contribution in [0.3, 0.4) is 0 Å². The summed E-state index contributed by atoms with van der Waals surface area (Å²) in [5, 5.41) is 3.46. The van der Waals surface area contributed by atoms with E-state index >= 15 is 0 Å². The van der Waals surface area contributed by atoms with Gasteiger partial charge >= 0.3 is 0 Å². The minimum absolute atomic E-state index is 0.0483. The molecule has 2 aromatic rings. The normalized spacial score (nSPS) is 13.9. The minimum Gasteiger partial charge on any atom is -0.439 e. The van der Waals surface area contributed by atoms with Gasteiger partial charge in [0.25, 0.3) is 0 Å². The van der Waals surface area contributed by atoms with Crippen molar-refractivity contribution in [2.24, 2.45) is 0 Å². The zero-order valence-electron chi connectivity index (χ0n) is 13.5. The Labute approximate surface area is 146 Å². The van der Waals surface area contributed by atoms with Crippen LogP contribution < -0.4 is 10.1 Å². The Kier molecular flexibility index (Phi) is 5.16. The molecule has 3 rings (SSSR count). The van der Waals surface area contributed by atoms with Gasteiger partial charge in [0.05, 0.1) is 0 Å². The van der Waals surface area contributed by atoms with Crippen molar-refractivity contribution in [2.45, 2.75) is 25.7 Å². The summed E-state index contributed by atoms with van der Waals surface area (Å²) < 4.78 is 5.75. The molecule has 0 spiro atoms. The molecule has 1 amide bonds. The standard InChI is InChI=1S/C19H19ClN2O2/c1-13(23)21-10-2-3-14-4-9-19(22-12-14)24-16-7-8-17(15-5-6-15)18(20)11-16/h2-4,7-9,11-12,15H,5-6,10H2,1H3,(H,21,23)/b3-2+. The lowest BCUT2D eigenvalue weighted by molar-refractivity contribution is -0.118. The molecule has 0 bridgehead atoms. The third kappa shape index (κ3) is 4.59. The lowest BCUT2D eigenvalue weighted by Crippen LogP contribution is -2.19. The summed E-state index contributed by atoms with van der Waals surface area (Å²) in [5.41, 5.74) is 2.14. The highest BCUT2D eigenvalue weighted by Crippen LogP contribution is 2.44. The molecule has 1 saturated carbocycles. The van der Waals surface area contributed by atoms with Crippen LogP contribution in [0.15, 0.2) is 42.6 Å². The van der Waals surface area contributed by atoms with E-state index in [1.807, 2.05) is 36.4 Å². The maximum absolute atomic E-state index is 10.8. The number of halogens is 1. The van der Waals surface area contributed by atoms with Gasteiger partial charge < -0.3 is 10.1 Å². The Morgan fingerprint density at radius 3 is 2.83 bits per heavy atom. The number of nitrogens with one attached hydrogen (secondary N) is 1. The van der Waals surface area contributed by atoms with Crippen LogP contribution in [-0.4, -0.2) is 17.4 Å². The highest BCUT2D eigenvalue weighted by Gasteiger charge is 2.25. The van der Waals surface area contributed by atoms with Gasteiger partial charge in [-0.15, -0.1) is 0 Å². The number of ether oxygens (including phenoxy) is 1. The van der Waals surface area contributed by atoms with E-state index in [0.29, 0.717) is 24.1 Å². The fourth-order valence-corrected chi connectivity index (χ4v) is 2.69. The molecular weight excluding hydrogens is 324 g/mol. The average molecular weight is 343 g/mol. The van der Waals surface area contributed by atoms with Crippen molar-refractivity contribution in [3.63, 3.8) is 0 Å². The number of hydrogen-bond donors (Lipinski definition) is 1. The second-order valence-corrected chi connectivity index (χ2v) is 6.24. The van der Waals surface area contributed by atoms with Gasteiger partial charge in [0.1, 0.15) is 5.75 Å². The Morgan fingerprint density at radius 2 is 2.21 bits per heavy atom. The van der Waals surface area contributed by atoms with Gasteiger partial charge in [0.2, 0.25) is 11.8 Å². The Balaban J connectivity index is 1.59. The topological polar surface area (TPSA) is 51.2 Å².